The predicted molar refractivity (Wildman–Crippen MR) is 93.0 cm³/mol. The van der Waals surface area contributed by atoms with E-state index in [1.165, 1.54) is 0 Å². The van der Waals surface area contributed by atoms with Crippen molar-refractivity contribution in [1.29, 1.82) is 0 Å². The summed E-state index contributed by atoms with van der Waals surface area (Å²) in [5, 5.41) is 10.1. The molecule has 1 saturated heterocycles. The molecule has 1 heterocycles. The molecule has 1 N–H and O–H groups in total. The monoisotopic (exact) mass is 353 g/mol. The SMILES string of the molecule is CC(C)(C)S(=O)(=O)N1CC(O)CC12CC(OCc1ccccc1)C2. The van der Waals surface area contributed by atoms with Crippen molar-refractivity contribution in [3.63, 3.8) is 0 Å². The Balaban J connectivity index is 1.66. The summed E-state index contributed by atoms with van der Waals surface area (Å²) in [6, 6.07) is 9.96. The molecule has 1 aliphatic heterocycles. The minimum atomic E-state index is -3.45. The van der Waals surface area contributed by atoms with E-state index < -0.39 is 26.4 Å². The number of ether oxygens (including phenoxy) is 1. The molecule has 6 heteroatoms. The van der Waals surface area contributed by atoms with Gasteiger partial charge in [0.2, 0.25) is 10.0 Å². The highest BCUT2D eigenvalue weighted by Gasteiger charge is 2.59. The number of β-amino-alcohol motifs (C(OH)–C–C–N with tert-alkyl or cyclic N) is 1. The first-order valence-corrected chi connectivity index (χ1v) is 9.94. The zero-order valence-corrected chi connectivity index (χ0v) is 15.4. The first-order valence-electron chi connectivity index (χ1n) is 8.50. The molecule has 0 bridgehead atoms. The molecular weight excluding hydrogens is 326 g/mol. The Bertz CT molecular complexity index is 675. The molecule has 1 saturated carbocycles. The molecule has 1 aromatic rings. The number of benzene rings is 1. The summed E-state index contributed by atoms with van der Waals surface area (Å²) in [7, 11) is -3.45. The predicted octanol–water partition coefficient (Wildman–Crippen LogP) is 2.30. The molecule has 1 atom stereocenters. The summed E-state index contributed by atoms with van der Waals surface area (Å²) in [6.07, 6.45) is 1.29. The topological polar surface area (TPSA) is 66.8 Å². The molecule has 2 aliphatic rings. The van der Waals surface area contributed by atoms with Crippen LogP contribution in [0.15, 0.2) is 30.3 Å². The van der Waals surface area contributed by atoms with Crippen LogP contribution in [-0.4, -0.2) is 46.9 Å². The van der Waals surface area contributed by atoms with Gasteiger partial charge in [-0.3, -0.25) is 0 Å². The maximum absolute atomic E-state index is 12.9. The minimum Gasteiger partial charge on any atom is -0.392 e. The average molecular weight is 353 g/mol. The van der Waals surface area contributed by atoms with Gasteiger partial charge in [-0.1, -0.05) is 30.3 Å². The van der Waals surface area contributed by atoms with Crippen molar-refractivity contribution >= 4 is 10.0 Å². The fourth-order valence-electron chi connectivity index (χ4n) is 3.74. The average Bonchev–Trinajstić information content (AvgIpc) is 2.82. The third-order valence-corrected chi connectivity index (χ3v) is 7.79. The summed E-state index contributed by atoms with van der Waals surface area (Å²) in [5.74, 6) is 0. The molecule has 24 heavy (non-hydrogen) atoms. The van der Waals surface area contributed by atoms with Gasteiger partial charge in [0.1, 0.15) is 0 Å². The minimum absolute atomic E-state index is 0.0492. The van der Waals surface area contributed by atoms with Crippen LogP contribution in [-0.2, 0) is 21.4 Å². The lowest BCUT2D eigenvalue weighted by Crippen LogP contribution is -2.60. The standard InChI is InChI=1S/C18H27NO4S/c1-17(2,3)24(21,22)19-12-15(20)9-18(19)10-16(11-18)23-13-14-7-5-4-6-8-14/h4-8,15-16,20H,9-13H2,1-3H3. The summed E-state index contributed by atoms with van der Waals surface area (Å²) in [4.78, 5) is 0. The van der Waals surface area contributed by atoms with Gasteiger partial charge in [-0.15, -0.1) is 0 Å². The van der Waals surface area contributed by atoms with E-state index in [9.17, 15) is 13.5 Å². The van der Waals surface area contributed by atoms with Gasteiger partial charge in [0.25, 0.3) is 0 Å². The molecule has 134 valence electrons. The number of nitrogens with zero attached hydrogens (tertiary/aromatic N) is 1. The van der Waals surface area contributed by atoms with Crippen LogP contribution in [0.25, 0.3) is 0 Å². The van der Waals surface area contributed by atoms with Gasteiger partial charge in [-0.05, 0) is 45.6 Å². The van der Waals surface area contributed by atoms with Crippen LogP contribution in [0.1, 0.15) is 45.6 Å². The van der Waals surface area contributed by atoms with Crippen molar-refractivity contribution in [3.8, 4) is 0 Å². The van der Waals surface area contributed by atoms with Gasteiger partial charge in [-0.25, -0.2) is 8.42 Å². The number of hydrogen-bond acceptors (Lipinski definition) is 4. The maximum atomic E-state index is 12.9. The number of sulfonamides is 1. The molecule has 0 aromatic heterocycles. The van der Waals surface area contributed by atoms with Crippen molar-refractivity contribution < 1.29 is 18.3 Å². The zero-order chi connectivity index (χ0) is 17.6. The summed E-state index contributed by atoms with van der Waals surface area (Å²) < 4.78 is 32.4. The first kappa shape index (κ1) is 17.9. The van der Waals surface area contributed by atoms with E-state index in [4.69, 9.17) is 4.74 Å². The highest BCUT2D eigenvalue weighted by atomic mass is 32.2. The van der Waals surface area contributed by atoms with Crippen molar-refractivity contribution in [2.75, 3.05) is 6.54 Å². The lowest BCUT2D eigenvalue weighted by atomic mass is 9.73. The number of aliphatic hydroxyl groups excluding tert-OH is 1. The smallest absolute Gasteiger partial charge is 0.219 e. The van der Waals surface area contributed by atoms with Gasteiger partial charge in [0.05, 0.1) is 23.6 Å². The molecule has 1 spiro atoms. The largest absolute Gasteiger partial charge is 0.392 e. The van der Waals surface area contributed by atoms with E-state index in [2.05, 4.69) is 0 Å². The van der Waals surface area contributed by atoms with E-state index in [-0.39, 0.29) is 12.6 Å². The van der Waals surface area contributed by atoms with Gasteiger partial charge in [0.15, 0.2) is 0 Å². The Labute approximate surface area is 144 Å². The molecule has 0 amide bonds. The lowest BCUT2D eigenvalue weighted by molar-refractivity contribution is -0.0801. The zero-order valence-electron chi connectivity index (χ0n) is 14.6. The van der Waals surface area contributed by atoms with Crippen LogP contribution in [0.4, 0.5) is 0 Å². The second-order valence-electron chi connectivity index (χ2n) is 8.06. The van der Waals surface area contributed by atoms with Gasteiger partial charge < -0.3 is 9.84 Å². The van der Waals surface area contributed by atoms with E-state index in [1.54, 1.807) is 25.1 Å². The van der Waals surface area contributed by atoms with Crippen LogP contribution in [0.5, 0.6) is 0 Å². The van der Waals surface area contributed by atoms with Crippen molar-refractivity contribution in [3.05, 3.63) is 35.9 Å². The highest BCUT2D eigenvalue weighted by Crippen LogP contribution is 2.49. The van der Waals surface area contributed by atoms with Crippen LogP contribution in [0.2, 0.25) is 0 Å². The van der Waals surface area contributed by atoms with Crippen LogP contribution >= 0.6 is 0 Å². The fraction of sp³-hybridized carbons (Fsp3) is 0.667. The third kappa shape index (κ3) is 3.12. The Hall–Kier alpha value is -0.950. The molecule has 1 aromatic carbocycles. The second kappa shape index (κ2) is 6.09. The molecule has 3 rings (SSSR count). The second-order valence-corrected chi connectivity index (χ2v) is 10.7. The normalized spacial score (nSPS) is 31.3. The Morgan fingerprint density at radius 1 is 1.21 bits per heavy atom. The molecule has 0 radical (unpaired) electrons. The molecule has 1 unspecified atom stereocenters. The number of rotatable bonds is 4. The van der Waals surface area contributed by atoms with E-state index >= 15 is 0 Å². The summed E-state index contributed by atoms with van der Waals surface area (Å²) in [5.41, 5.74) is 0.649. The van der Waals surface area contributed by atoms with Crippen molar-refractivity contribution in [2.24, 2.45) is 0 Å². The third-order valence-electron chi connectivity index (χ3n) is 5.13. The lowest BCUT2D eigenvalue weighted by Gasteiger charge is -2.50. The summed E-state index contributed by atoms with van der Waals surface area (Å²) in [6.45, 7) is 5.87. The Kier molecular flexibility index (Phi) is 4.53. The molecule has 2 fully saturated rings. The van der Waals surface area contributed by atoms with Gasteiger partial charge in [0, 0.05) is 12.1 Å². The highest BCUT2D eigenvalue weighted by molar-refractivity contribution is 7.90. The van der Waals surface area contributed by atoms with Crippen LogP contribution in [0.3, 0.4) is 0 Å². The Morgan fingerprint density at radius 2 is 1.83 bits per heavy atom. The van der Waals surface area contributed by atoms with Crippen molar-refractivity contribution in [2.45, 2.75) is 69.1 Å². The maximum Gasteiger partial charge on any atom is 0.219 e. The molecule has 5 nitrogen and oxygen atoms in total. The van der Waals surface area contributed by atoms with Crippen LogP contribution in [0, 0.1) is 0 Å². The van der Waals surface area contributed by atoms with E-state index in [0.717, 1.165) is 5.56 Å². The van der Waals surface area contributed by atoms with Crippen LogP contribution < -0.4 is 0 Å². The molecular formula is C18H27NO4S. The van der Waals surface area contributed by atoms with E-state index in [0.29, 0.717) is 25.9 Å². The van der Waals surface area contributed by atoms with Gasteiger partial charge in [-0.2, -0.15) is 4.31 Å². The number of aliphatic hydroxyl groups is 1. The van der Waals surface area contributed by atoms with E-state index in [1.807, 2.05) is 30.3 Å². The van der Waals surface area contributed by atoms with Crippen molar-refractivity contribution in [1.82, 2.24) is 4.31 Å². The fourth-order valence-corrected chi connectivity index (χ4v) is 5.50. The Morgan fingerprint density at radius 3 is 2.42 bits per heavy atom. The first-order chi connectivity index (χ1) is 11.1. The quantitative estimate of drug-likeness (QED) is 0.902. The molecule has 1 aliphatic carbocycles. The summed E-state index contributed by atoms with van der Waals surface area (Å²) >= 11 is 0. The van der Waals surface area contributed by atoms with Gasteiger partial charge >= 0.3 is 0 Å². The number of hydrogen-bond donors (Lipinski definition) is 1.